The van der Waals surface area contributed by atoms with Crippen molar-refractivity contribution in [3.8, 4) is 0 Å². The van der Waals surface area contributed by atoms with E-state index in [9.17, 15) is 4.79 Å². The van der Waals surface area contributed by atoms with Crippen LogP contribution in [0.15, 0.2) is 0 Å². The van der Waals surface area contributed by atoms with Crippen molar-refractivity contribution in [1.29, 1.82) is 0 Å². The molecular weight excluding hydrogens is 308 g/mol. The maximum Gasteiger partial charge on any atom is 0.222 e. The van der Waals surface area contributed by atoms with Crippen LogP contribution in [0.2, 0.25) is 0 Å². The Kier molecular flexibility index (Phi) is 6.00. The highest BCUT2D eigenvalue weighted by Gasteiger charge is 2.29. The summed E-state index contributed by atoms with van der Waals surface area (Å²) in [4.78, 5) is 14.6. The van der Waals surface area contributed by atoms with E-state index in [1.54, 1.807) is 0 Å². The van der Waals surface area contributed by atoms with Gasteiger partial charge in [-0.05, 0) is 50.7 Å². The van der Waals surface area contributed by atoms with Crippen LogP contribution in [0.3, 0.4) is 0 Å². The van der Waals surface area contributed by atoms with Crippen molar-refractivity contribution in [3.63, 3.8) is 0 Å². The first kappa shape index (κ1) is 18.2. The van der Waals surface area contributed by atoms with Crippen molar-refractivity contribution in [2.75, 3.05) is 13.1 Å². The number of nitrogens with zero attached hydrogens (tertiary/aromatic N) is 3. The van der Waals surface area contributed by atoms with Crippen LogP contribution in [-0.4, -0.2) is 38.7 Å². The van der Waals surface area contributed by atoms with E-state index >= 15 is 0 Å². The molecule has 0 bridgehead atoms. The molecule has 5 nitrogen and oxygen atoms in total. The van der Waals surface area contributed by atoms with E-state index in [4.69, 9.17) is 12.2 Å². The summed E-state index contributed by atoms with van der Waals surface area (Å²) in [5.74, 6) is 2.52. The van der Waals surface area contributed by atoms with Gasteiger partial charge in [0.15, 0.2) is 4.77 Å². The van der Waals surface area contributed by atoms with Gasteiger partial charge in [0.2, 0.25) is 5.91 Å². The molecule has 2 atom stereocenters. The minimum atomic E-state index is 0.275. The smallest absolute Gasteiger partial charge is 0.222 e. The number of nitrogens with one attached hydrogen (secondary N) is 1. The average molecular weight is 339 g/mol. The van der Waals surface area contributed by atoms with Gasteiger partial charge in [-0.15, -0.1) is 0 Å². The van der Waals surface area contributed by atoms with Crippen molar-refractivity contribution in [1.82, 2.24) is 19.7 Å². The highest BCUT2D eigenvalue weighted by Crippen LogP contribution is 2.28. The van der Waals surface area contributed by atoms with Crippen LogP contribution < -0.4 is 0 Å². The summed E-state index contributed by atoms with van der Waals surface area (Å²) in [7, 11) is 0. The van der Waals surface area contributed by atoms with Crippen LogP contribution in [-0.2, 0) is 4.79 Å². The number of likely N-dealkylation sites (tertiary alicyclic amines) is 1. The summed E-state index contributed by atoms with van der Waals surface area (Å²) in [5, 5.41) is 7.37. The number of hydrogen-bond donors (Lipinski definition) is 1. The molecular formula is C17H30N4OS. The first-order valence-electron chi connectivity index (χ1n) is 8.75. The lowest BCUT2D eigenvalue weighted by Crippen LogP contribution is -2.40. The molecule has 130 valence electrons. The molecule has 0 unspecified atom stereocenters. The minimum Gasteiger partial charge on any atom is -0.342 e. The molecule has 0 saturated carbocycles. The van der Waals surface area contributed by atoms with E-state index in [0.717, 1.165) is 31.8 Å². The number of carbonyl (C=O) groups is 1. The number of carbonyl (C=O) groups excluding carboxylic acids is 1. The van der Waals surface area contributed by atoms with Crippen LogP contribution >= 0.6 is 12.2 Å². The van der Waals surface area contributed by atoms with Crippen molar-refractivity contribution >= 4 is 18.1 Å². The maximum atomic E-state index is 12.6. The molecule has 1 aromatic rings. The lowest BCUT2D eigenvalue weighted by Gasteiger charge is -2.33. The Labute approximate surface area is 144 Å². The largest absolute Gasteiger partial charge is 0.342 e. The number of H-pyrrole nitrogens is 1. The number of piperidine rings is 1. The predicted octanol–water partition coefficient (Wildman–Crippen LogP) is 3.91. The quantitative estimate of drug-likeness (QED) is 0.828. The predicted molar refractivity (Wildman–Crippen MR) is 95.0 cm³/mol. The summed E-state index contributed by atoms with van der Waals surface area (Å²) < 4.78 is 2.76. The van der Waals surface area contributed by atoms with E-state index in [1.165, 1.54) is 0 Å². The molecule has 1 aromatic heterocycles. The van der Waals surface area contributed by atoms with E-state index in [2.05, 4.69) is 49.4 Å². The molecule has 6 heteroatoms. The molecule has 23 heavy (non-hydrogen) atoms. The molecule has 0 radical (unpaired) electrons. The Morgan fingerprint density at radius 1 is 1.35 bits per heavy atom. The summed E-state index contributed by atoms with van der Waals surface area (Å²) in [6.07, 6.45) is 2.74. The normalized spacial score (nSPS) is 20.3. The molecule has 0 aliphatic carbocycles. The van der Waals surface area contributed by atoms with Crippen LogP contribution in [0.25, 0.3) is 0 Å². The first-order valence-corrected chi connectivity index (χ1v) is 9.16. The van der Waals surface area contributed by atoms with Crippen LogP contribution in [0, 0.1) is 16.6 Å². The Bertz CT molecular complexity index is 590. The Balaban J connectivity index is 2.09. The monoisotopic (exact) mass is 338 g/mol. The number of aromatic amines is 1. The van der Waals surface area contributed by atoms with Gasteiger partial charge in [0.05, 0.1) is 0 Å². The Morgan fingerprint density at radius 3 is 2.65 bits per heavy atom. The summed E-state index contributed by atoms with van der Waals surface area (Å²) >= 11 is 5.35. The molecule has 1 N–H and O–H groups in total. The second kappa shape index (κ2) is 7.60. The highest BCUT2D eigenvalue weighted by molar-refractivity contribution is 7.71. The number of amides is 1. The number of rotatable bonds is 5. The summed E-state index contributed by atoms with van der Waals surface area (Å²) in [6.45, 7) is 12.4. The molecule has 2 heterocycles. The number of aromatic nitrogens is 3. The molecule has 0 spiro atoms. The molecule has 0 aromatic carbocycles. The van der Waals surface area contributed by atoms with Crippen LogP contribution in [0.5, 0.6) is 0 Å². The minimum absolute atomic E-state index is 0.275. The molecule has 2 rings (SSSR count). The zero-order valence-electron chi connectivity index (χ0n) is 15.0. The van der Waals surface area contributed by atoms with Crippen LogP contribution in [0.1, 0.15) is 71.7 Å². The van der Waals surface area contributed by atoms with Gasteiger partial charge in [-0.25, -0.2) is 0 Å². The van der Waals surface area contributed by atoms with Gasteiger partial charge in [0.1, 0.15) is 5.82 Å². The van der Waals surface area contributed by atoms with Crippen molar-refractivity contribution in [2.45, 2.75) is 65.8 Å². The number of hydrogen-bond acceptors (Lipinski definition) is 3. The van der Waals surface area contributed by atoms with E-state index in [-0.39, 0.29) is 17.9 Å². The van der Waals surface area contributed by atoms with Crippen molar-refractivity contribution in [2.24, 2.45) is 11.8 Å². The third-order valence-electron chi connectivity index (χ3n) is 5.02. The fourth-order valence-corrected chi connectivity index (χ4v) is 3.51. The molecule has 1 aliphatic heterocycles. The Hall–Kier alpha value is -1.17. The van der Waals surface area contributed by atoms with Gasteiger partial charge >= 0.3 is 0 Å². The van der Waals surface area contributed by atoms with Crippen molar-refractivity contribution < 1.29 is 4.79 Å². The zero-order chi connectivity index (χ0) is 17.1. The first-order chi connectivity index (χ1) is 10.8. The second-order valence-corrected chi connectivity index (χ2v) is 7.84. The topological polar surface area (TPSA) is 53.9 Å². The standard InChI is InChI=1S/C17H30N4OS/c1-11(2)13(5)9-15(22)20-8-6-7-14(10-20)16-18-19-17(23)21(16)12(3)4/h11-14H,6-10H2,1-5H3,(H,19,23)/t13-,14-/m1/s1. The zero-order valence-corrected chi connectivity index (χ0v) is 15.8. The molecule has 1 fully saturated rings. The third kappa shape index (κ3) is 4.22. The van der Waals surface area contributed by atoms with E-state index in [1.807, 2.05) is 4.90 Å². The van der Waals surface area contributed by atoms with E-state index in [0.29, 0.717) is 23.0 Å². The van der Waals surface area contributed by atoms with Gasteiger partial charge < -0.3 is 9.47 Å². The van der Waals surface area contributed by atoms with Gasteiger partial charge in [-0.3, -0.25) is 9.89 Å². The van der Waals surface area contributed by atoms with Gasteiger partial charge in [0.25, 0.3) is 0 Å². The molecule has 1 saturated heterocycles. The highest BCUT2D eigenvalue weighted by atomic mass is 32.1. The van der Waals surface area contributed by atoms with Gasteiger partial charge in [0, 0.05) is 31.5 Å². The third-order valence-corrected chi connectivity index (χ3v) is 5.31. The fraction of sp³-hybridized carbons (Fsp3) is 0.824. The Morgan fingerprint density at radius 2 is 2.04 bits per heavy atom. The second-order valence-electron chi connectivity index (χ2n) is 7.46. The van der Waals surface area contributed by atoms with Gasteiger partial charge in [-0.1, -0.05) is 20.8 Å². The van der Waals surface area contributed by atoms with Crippen molar-refractivity contribution in [3.05, 3.63) is 10.6 Å². The molecule has 1 aliphatic rings. The summed E-state index contributed by atoms with van der Waals surface area (Å²) in [5.41, 5.74) is 0. The lowest BCUT2D eigenvalue weighted by atomic mass is 9.92. The summed E-state index contributed by atoms with van der Waals surface area (Å²) in [6, 6.07) is 0.281. The average Bonchev–Trinajstić information content (AvgIpc) is 2.89. The van der Waals surface area contributed by atoms with E-state index < -0.39 is 0 Å². The molecule has 1 amide bonds. The van der Waals surface area contributed by atoms with Gasteiger partial charge in [-0.2, -0.15) is 5.10 Å². The SMILES string of the molecule is CC(C)[C@H](C)CC(=O)N1CCC[C@@H](c2n[nH]c(=S)n2C(C)C)C1. The lowest BCUT2D eigenvalue weighted by molar-refractivity contribution is -0.133. The maximum absolute atomic E-state index is 12.6. The fourth-order valence-electron chi connectivity index (χ4n) is 3.16. The van der Waals surface area contributed by atoms with Crippen LogP contribution in [0.4, 0.5) is 0 Å².